The lowest BCUT2D eigenvalue weighted by Gasteiger charge is -2.09. The Labute approximate surface area is 190 Å². The molecule has 0 spiro atoms. The van der Waals surface area contributed by atoms with E-state index < -0.39 is 0 Å². The summed E-state index contributed by atoms with van der Waals surface area (Å²) in [5.74, 6) is -0.252. The maximum atomic E-state index is 13.3. The van der Waals surface area contributed by atoms with E-state index in [1.54, 1.807) is 46.8 Å². The second-order valence-corrected chi connectivity index (χ2v) is 7.81. The average molecular weight is 451 g/mol. The van der Waals surface area contributed by atoms with E-state index in [-0.39, 0.29) is 18.0 Å². The number of amides is 1. The van der Waals surface area contributed by atoms with E-state index in [1.807, 2.05) is 36.5 Å². The minimum Gasteiger partial charge on any atom is -0.385 e. The van der Waals surface area contributed by atoms with E-state index in [0.717, 1.165) is 11.1 Å². The molecule has 32 heavy (non-hydrogen) atoms. The molecule has 0 atom stereocenters. The molecule has 4 aromatic rings. The fourth-order valence-electron chi connectivity index (χ4n) is 3.60. The third-order valence-corrected chi connectivity index (χ3v) is 5.37. The topological polar surface area (TPSA) is 78.2 Å². The van der Waals surface area contributed by atoms with Crippen molar-refractivity contribution < 1.29 is 9.53 Å². The number of carbonyl (C=O) groups is 1. The zero-order valence-electron chi connectivity index (χ0n) is 17.6. The molecule has 2 aromatic carbocycles. The molecule has 0 radical (unpaired) electrons. The third-order valence-electron chi connectivity index (χ3n) is 5.12. The van der Waals surface area contributed by atoms with E-state index in [2.05, 4.69) is 10.3 Å². The van der Waals surface area contributed by atoms with Gasteiger partial charge in [0.05, 0.1) is 6.33 Å². The van der Waals surface area contributed by atoms with Crippen molar-refractivity contribution in [3.05, 3.63) is 82.5 Å². The Morgan fingerprint density at radius 1 is 1.09 bits per heavy atom. The number of nitrogens with one attached hydrogen (secondary N) is 1. The summed E-state index contributed by atoms with van der Waals surface area (Å²) in [5.41, 5.74) is 3.15. The first-order valence-electron chi connectivity index (χ1n) is 10.2. The van der Waals surface area contributed by atoms with Crippen molar-refractivity contribution in [2.45, 2.75) is 19.5 Å². The molecule has 164 valence electrons. The number of ether oxygens (including phenoxy) is 1. The first kappa shape index (κ1) is 21.8. The summed E-state index contributed by atoms with van der Waals surface area (Å²) in [7, 11) is 1.63. The van der Waals surface area contributed by atoms with Gasteiger partial charge in [-0.2, -0.15) is 0 Å². The van der Waals surface area contributed by atoms with Crippen LogP contribution in [0.15, 0.2) is 71.9 Å². The standard InChI is InChI=1S/C24H23ClN4O3/c1-32-13-5-12-28-16-26-22-20(17-6-3-2-4-7-17)14-29(23(22)24(28)31)15-21(30)27-19-10-8-18(25)9-11-19/h2-4,6-11,14,16H,5,12-13,15H2,1H3,(H,27,30). The highest BCUT2D eigenvalue weighted by Crippen LogP contribution is 2.27. The van der Waals surface area contributed by atoms with Gasteiger partial charge in [0.2, 0.25) is 5.91 Å². The number of rotatable bonds is 8. The van der Waals surface area contributed by atoms with Gasteiger partial charge in [0.25, 0.3) is 5.56 Å². The number of fused-ring (bicyclic) bond motifs is 1. The molecular formula is C24H23ClN4O3. The predicted octanol–water partition coefficient (Wildman–Crippen LogP) is 4.19. The summed E-state index contributed by atoms with van der Waals surface area (Å²) in [5, 5.41) is 3.43. The predicted molar refractivity (Wildman–Crippen MR) is 126 cm³/mol. The molecule has 0 bridgehead atoms. The lowest BCUT2D eigenvalue weighted by Crippen LogP contribution is -2.25. The maximum absolute atomic E-state index is 13.3. The monoisotopic (exact) mass is 450 g/mol. The van der Waals surface area contributed by atoms with Gasteiger partial charge in [-0.3, -0.25) is 14.2 Å². The fourth-order valence-corrected chi connectivity index (χ4v) is 3.72. The SMILES string of the molecule is COCCCn1cnc2c(-c3ccccc3)cn(CC(=O)Nc3ccc(Cl)cc3)c2c1=O. The molecule has 0 aliphatic heterocycles. The number of hydrogen-bond donors (Lipinski definition) is 1. The molecule has 1 amide bonds. The molecule has 8 heteroatoms. The molecule has 4 rings (SSSR count). The highest BCUT2D eigenvalue weighted by atomic mass is 35.5. The molecular weight excluding hydrogens is 428 g/mol. The zero-order valence-corrected chi connectivity index (χ0v) is 18.4. The van der Waals surface area contributed by atoms with Crippen molar-refractivity contribution in [2.24, 2.45) is 0 Å². The van der Waals surface area contributed by atoms with Crippen LogP contribution in [0.3, 0.4) is 0 Å². The Bertz CT molecular complexity index is 1280. The van der Waals surface area contributed by atoms with Crippen molar-refractivity contribution in [1.82, 2.24) is 14.1 Å². The second kappa shape index (κ2) is 9.80. The Morgan fingerprint density at radius 2 is 1.84 bits per heavy atom. The van der Waals surface area contributed by atoms with Crippen LogP contribution in [0, 0.1) is 0 Å². The number of nitrogens with zero attached hydrogens (tertiary/aromatic N) is 3. The fraction of sp³-hybridized carbons (Fsp3) is 0.208. The molecule has 0 saturated heterocycles. The van der Waals surface area contributed by atoms with Crippen molar-refractivity contribution in [2.75, 3.05) is 19.0 Å². The number of carbonyl (C=O) groups excluding carboxylic acids is 1. The van der Waals surface area contributed by atoms with Gasteiger partial charge in [-0.05, 0) is 36.2 Å². The van der Waals surface area contributed by atoms with Crippen LogP contribution >= 0.6 is 11.6 Å². The van der Waals surface area contributed by atoms with E-state index >= 15 is 0 Å². The van der Waals surface area contributed by atoms with Gasteiger partial charge in [-0.25, -0.2) is 4.98 Å². The Kier molecular flexibility index (Phi) is 6.68. The summed E-state index contributed by atoms with van der Waals surface area (Å²) >= 11 is 5.91. The third kappa shape index (κ3) is 4.74. The number of aromatic nitrogens is 3. The number of halogens is 1. The van der Waals surface area contributed by atoms with Gasteiger partial charge in [0.15, 0.2) is 0 Å². The van der Waals surface area contributed by atoms with Crippen LogP contribution in [0.5, 0.6) is 0 Å². The lowest BCUT2D eigenvalue weighted by atomic mass is 10.1. The first-order valence-corrected chi connectivity index (χ1v) is 10.6. The van der Waals surface area contributed by atoms with Gasteiger partial charge < -0.3 is 14.6 Å². The van der Waals surface area contributed by atoms with E-state index in [0.29, 0.717) is 41.3 Å². The van der Waals surface area contributed by atoms with Gasteiger partial charge in [-0.1, -0.05) is 41.9 Å². The van der Waals surface area contributed by atoms with Crippen LogP contribution in [-0.4, -0.2) is 33.7 Å². The molecule has 0 aliphatic carbocycles. The van der Waals surface area contributed by atoms with Crippen molar-refractivity contribution in [3.63, 3.8) is 0 Å². The van der Waals surface area contributed by atoms with E-state index in [1.165, 1.54) is 0 Å². The highest BCUT2D eigenvalue weighted by Gasteiger charge is 2.18. The largest absolute Gasteiger partial charge is 0.385 e. The average Bonchev–Trinajstić information content (AvgIpc) is 3.16. The summed E-state index contributed by atoms with van der Waals surface area (Å²) in [6.07, 6.45) is 4.06. The second-order valence-electron chi connectivity index (χ2n) is 7.38. The summed E-state index contributed by atoms with van der Waals surface area (Å²) in [4.78, 5) is 30.6. The minimum atomic E-state index is -0.252. The molecule has 0 unspecified atom stereocenters. The Morgan fingerprint density at radius 3 is 2.56 bits per heavy atom. The lowest BCUT2D eigenvalue weighted by molar-refractivity contribution is -0.116. The number of anilines is 1. The minimum absolute atomic E-state index is 0.0229. The quantitative estimate of drug-likeness (QED) is 0.408. The summed E-state index contributed by atoms with van der Waals surface area (Å²) < 4.78 is 8.32. The highest BCUT2D eigenvalue weighted by molar-refractivity contribution is 6.30. The number of benzene rings is 2. The summed E-state index contributed by atoms with van der Waals surface area (Å²) in [6.45, 7) is 1.01. The van der Waals surface area contributed by atoms with Crippen LogP contribution in [0.2, 0.25) is 5.02 Å². The molecule has 0 aliphatic rings. The van der Waals surface area contributed by atoms with E-state index in [4.69, 9.17) is 16.3 Å². The van der Waals surface area contributed by atoms with Crippen molar-refractivity contribution in [1.29, 1.82) is 0 Å². The van der Waals surface area contributed by atoms with Crippen LogP contribution < -0.4 is 10.9 Å². The van der Waals surface area contributed by atoms with Gasteiger partial charge >= 0.3 is 0 Å². The Hall–Kier alpha value is -3.42. The van der Waals surface area contributed by atoms with Crippen LogP contribution in [0.4, 0.5) is 5.69 Å². The zero-order chi connectivity index (χ0) is 22.5. The van der Waals surface area contributed by atoms with Gasteiger partial charge in [0, 0.05) is 42.7 Å². The molecule has 1 N–H and O–H groups in total. The number of methoxy groups -OCH3 is 1. The molecule has 2 heterocycles. The number of hydrogen-bond acceptors (Lipinski definition) is 4. The van der Waals surface area contributed by atoms with Crippen molar-refractivity contribution >= 4 is 34.2 Å². The number of aryl methyl sites for hydroxylation is 1. The normalized spacial score (nSPS) is 11.1. The summed E-state index contributed by atoms with van der Waals surface area (Å²) in [6, 6.07) is 16.6. The van der Waals surface area contributed by atoms with Crippen LogP contribution in [0.25, 0.3) is 22.2 Å². The van der Waals surface area contributed by atoms with Gasteiger partial charge in [-0.15, -0.1) is 0 Å². The van der Waals surface area contributed by atoms with Crippen LogP contribution in [-0.2, 0) is 22.6 Å². The first-order chi connectivity index (χ1) is 15.6. The maximum Gasteiger partial charge on any atom is 0.277 e. The smallest absolute Gasteiger partial charge is 0.277 e. The Balaban J connectivity index is 1.72. The van der Waals surface area contributed by atoms with E-state index in [9.17, 15) is 9.59 Å². The molecule has 0 fully saturated rings. The van der Waals surface area contributed by atoms with Crippen molar-refractivity contribution in [3.8, 4) is 11.1 Å². The van der Waals surface area contributed by atoms with Gasteiger partial charge in [0.1, 0.15) is 17.6 Å². The molecule has 0 saturated carbocycles. The molecule has 2 aromatic heterocycles. The van der Waals surface area contributed by atoms with Crippen LogP contribution in [0.1, 0.15) is 6.42 Å². The molecule has 7 nitrogen and oxygen atoms in total.